The molecule has 454 valence electrons. The molecule has 0 aromatic heterocycles. The van der Waals surface area contributed by atoms with Crippen molar-refractivity contribution in [1.82, 2.24) is 0 Å². The van der Waals surface area contributed by atoms with Gasteiger partial charge in [0.1, 0.15) is 11.5 Å². The molecule has 0 saturated carbocycles. The van der Waals surface area contributed by atoms with E-state index in [4.69, 9.17) is 4.74 Å². The van der Waals surface area contributed by atoms with Gasteiger partial charge in [-0.2, -0.15) is 0 Å². The van der Waals surface area contributed by atoms with Gasteiger partial charge in [-0.3, -0.25) is 0 Å². The summed E-state index contributed by atoms with van der Waals surface area (Å²) in [6.07, 6.45) is 0. The van der Waals surface area contributed by atoms with Crippen molar-refractivity contribution in [2.75, 3.05) is 9.80 Å². The molecule has 0 atom stereocenters. The van der Waals surface area contributed by atoms with Crippen LogP contribution in [0.25, 0.3) is 89.0 Å². The van der Waals surface area contributed by atoms with Crippen LogP contribution in [0, 0.1) is 13.8 Å². The maximum atomic E-state index is 7.83. The summed E-state index contributed by atoms with van der Waals surface area (Å²) < 4.78 is 7.83. The minimum Gasteiger partial charge on any atom is -0.456 e. The number of ether oxygens (including phenoxy) is 1. The first-order valence-electron chi connectivity index (χ1n) is 33.1. The molecule has 1 aliphatic heterocycles. The third kappa shape index (κ3) is 11.7. The zero-order valence-electron chi connectivity index (χ0n) is 53.6. The van der Waals surface area contributed by atoms with Crippen molar-refractivity contribution in [2.24, 2.45) is 0 Å². The van der Waals surface area contributed by atoms with Crippen LogP contribution in [-0.2, 0) is 0 Å². The summed E-state index contributed by atoms with van der Waals surface area (Å²) in [5, 5.41) is 0. The Morgan fingerprint density at radius 2 is 0.458 bits per heavy atom. The maximum Gasteiger partial charge on any atom is 0.243 e. The molecule has 16 rings (SSSR count). The highest BCUT2D eigenvalue weighted by molar-refractivity contribution is 6.97. The molecule has 96 heavy (non-hydrogen) atoms. The topological polar surface area (TPSA) is 15.7 Å². The molecule has 0 unspecified atom stereocenters. The molecule has 0 N–H and O–H groups in total. The van der Waals surface area contributed by atoms with E-state index in [9.17, 15) is 0 Å². The fraction of sp³-hybridized carbons (Fsp3) is 0.0217. The molecule has 0 radical (unpaired) electrons. The summed E-state index contributed by atoms with van der Waals surface area (Å²) in [6, 6.07) is 135. The molecule has 0 bridgehead atoms. The Morgan fingerprint density at radius 3 is 0.750 bits per heavy atom. The predicted octanol–water partition coefficient (Wildman–Crippen LogP) is 23.2. The van der Waals surface area contributed by atoms with Gasteiger partial charge in [-0.1, -0.05) is 301 Å². The van der Waals surface area contributed by atoms with Crippen molar-refractivity contribution in [3.8, 4) is 101 Å². The van der Waals surface area contributed by atoms with Gasteiger partial charge in [0, 0.05) is 45.3 Å². The van der Waals surface area contributed by atoms with Crippen LogP contribution in [0.1, 0.15) is 11.1 Å². The van der Waals surface area contributed by atoms with E-state index in [0.29, 0.717) is 0 Å². The fourth-order valence-electron chi connectivity index (χ4n) is 14.1. The van der Waals surface area contributed by atoms with Crippen LogP contribution in [0.5, 0.6) is 11.5 Å². The Bertz CT molecular complexity index is 4730. The van der Waals surface area contributed by atoms with Crippen molar-refractivity contribution in [3.05, 3.63) is 381 Å². The molecular formula is C92H67BN2O. The molecule has 0 aliphatic carbocycles. The average molecular weight is 1230 g/mol. The first kappa shape index (κ1) is 58.8. The van der Waals surface area contributed by atoms with Crippen molar-refractivity contribution in [3.63, 3.8) is 0 Å². The second-order valence-corrected chi connectivity index (χ2v) is 24.9. The monoisotopic (exact) mass is 1230 g/mol. The van der Waals surface area contributed by atoms with Crippen LogP contribution in [0.4, 0.5) is 34.1 Å². The van der Waals surface area contributed by atoms with E-state index in [1.165, 1.54) is 49.8 Å². The summed E-state index contributed by atoms with van der Waals surface area (Å²) in [7, 11) is 0. The van der Waals surface area contributed by atoms with Crippen LogP contribution in [0.2, 0.25) is 0 Å². The first-order valence-corrected chi connectivity index (χ1v) is 33.1. The third-order valence-electron chi connectivity index (χ3n) is 18.9. The Hall–Kier alpha value is -12.2. The summed E-state index contributed by atoms with van der Waals surface area (Å²) in [5.74, 6) is 1.48. The van der Waals surface area contributed by atoms with Gasteiger partial charge in [-0.25, -0.2) is 0 Å². The van der Waals surface area contributed by atoms with Gasteiger partial charge in [0.15, 0.2) is 0 Å². The smallest absolute Gasteiger partial charge is 0.243 e. The molecule has 3 nitrogen and oxygen atoms in total. The van der Waals surface area contributed by atoms with Crippen LogP contribution < -0.4 is 30.9 Å². The Morgan fingerprint density at radius 1 is 0.208 bits per heavy atom. The number of hydrogen-bond donors (Lipinski definition) is 0. The normalized spacial score (nSPS) is 11.5. The van der Waals surface area contributed by atoms with E-state index in [0.717, 1.165) is 112 Å². The molecule has 0 fully saturated rings. The first-order chi connectivity index (χ1) is 47.4. The maximum absolute atomic E-state index is 7.83. The number of aryl methyl sites for hydroxylation is 2. The second-order valence-electron chi connectivity index (χ2n) is 24.9. The van der Waals surface area contributed by atoms with E-state index in [2.05, 4.69) is 394 Å². The van der Waals surface area contributed by atoms with Crippen LogP contribution in [-0.4, -0.2) is 6.71 Å². The Balaban J connectivity index is 0.953. The number of rotatable bonds is 13. The quantitative estimate of drug-likeness (QED) is 0.107. The highest BCUT2D eigenvalue weighted by Crippen LogP contribution is 2.48. The largest absolute Gasteiger partial charge is 0.456 e. The van der Waals surface area contributed by atoms with Gasteiger partial charge < -0.3 is 14.5 Å². The SMILES string of the molecule is Cc1cccc(C)c1B1c2ccc(-c3ccccc3)cc2-c2cc(N(c3ccc(-c4ccccc4)cc3)c3ccc(-c4ccccc4)cc3)ccc2Oc2ccc(N(c3ccc(-c4ccccc4)cc3)c3ccc(-c4ccccc4)cc3)cc2-c2cc(-c3ccccc3)ccc21. The lowest BCUT2D eigenvalue weighted by molar-refractivity contribution is 0.486. The van der Waals surface area contributed by atoms with Gasteiger partial charge >= 0.3 is 0 Å². The zero-order chi connectivity index (χ0) is 64.3. The standard InChI is InChI=1S/C92H67BN2O/c1-64-22-21-23-65(2)92(64)93-88-56-44-76(70-32-17-7-18-33-70)60-84(88)86-62-82(94(78-46-36-72(37-47-78)66-24-9-3-10-25-66)79-48-38-73(39-49-79)67-26-11-4-12-27-67)54-58-90(86)96-91-59-55-83(63-87(91)85-61-77(45-57-89(85)93)71-34-19-8-20-35-71)95(80-50-40-74(41-51-80)68-28-13-5-14-29-68)81-52-42-75(43-53-81)69-30-15-6-16-31-69/h3-63H,1-2H3. The molecule has 15 aromatic carbocycles. The molecule has 1 heterocycles. The van der Waals surface area contributed by atoms with E-state index in [1.54, 1.807) is 0 Å². The number of anilines is 6. The van der Waals surface area contributed by atoms with Gasteiger partial charge in [0.25, 0.3) is 0 Å². The summed E-state index contributed by atoms with van der Waals surface area (Å²) in [5.41, 5.74) is 30.1. The zero-order valence-corrected chi connectivity index (χ0v) is 53.6. The summed E-state index contributed by atoms with van der Waals surface area (Å²) >= 11 is 0. The van der Waals surface area contributed by atoms with Gasteiger partial charge in [-0.05, 0) is 189 Å². The van der Waals surface area contributed by atoms with E-state index in [-0.39, 0.29) is 6.71 Å². The lowest BCUT2D eigenvalue weighted by Gasteiger charge is -2.31. The Labute approximate surface area is 563 Å². The van der Waals surface area contributed by atoms with E-state index >= 15 is 0 Å². The molecule has 15 aromatic rings. The lowest BCUT2D eigenvalue weighted by Crippen LogP contribution is -2.55. The summed E-state index contributed by atoms with van der Waals surface area (Å²) in [6.45, 7) is 4.31. The average Bonchev–Trinajstić information content (AvgIpc) is 0.735. The highest BCUT2D eigenvalue weighted by Gasteiger charge is 2.34. The molecular weight excluding hydrogens is 1160 g/mol. The predicted molar refractivity (Wildman–Crippen MR) is 406 cm³/mol. The van der Waals surface area contributed by atoms with E-state index < -0.39 is 0 Å². The van der Waals surface area contributed by atoms with Gasteiger partial charge in [-0.15, -0.1) is 0 Å². The second kappa shape index (κ2) is 26.0. The third-order valence-corrected chi connectivity index (χ3v) is 18.9. The Kier molecular flexibility index (Phi) is 16.0. The summed E-state index contributed by atoms with van der Waals surface area (Å²) in [4.78, 5) is 4.78. The number of fused-ring (bicyclic) bond motifs is 6. The van der Waals surface area contributed by atoms with Crippen molar-refractivity contribution in [2.45, 2.75) is 13.8 Å². The minimum atomic E-state index is -0.253. The van der Waals surface area contributed by atoms with Crippen molar-refractivity contribution < 1.29 is 4.74 Å². The molecule has 0 saturated heterocycles. The van der Waals surface area contributed by atoms with Crippen LogP contribution in [0.3, 0.4) is 0 Å². The molecule has 0 amide bonds. The fourth-order valence-corrected chi connectivity index (χ4v) is 14.1. The number of nitrogens with zero attached hydrogens (tertiary/aromatic N) is 2. The van der Waals surface area contributed by atoms with Crippen LogP contribution in [0.15, 0.2) is 370 Å². The van der Waals surface area contributed by atoms with Crippen molar-refractivity contribution in [1.29, 1.82) is 0 Å². The lowest BCUT2D eigenvalue weighted by atomic mass is 9.33. The van der Waals surface area contributed by atoms with Gasteiger partial charge in [0.05, 0.1) is 0 Å². The van der Waals surface area contributed by atoms with Gasteiger partial charge in [0.2, 0.25) is 6.71 Å². The molecule has 1 aliphatic rings. The van der Waals surface area contributed by atoms with Crippen molar-refractivity contribution >= 4 is 57.2 Å². The highest BCUT2D eigenvalue weighted by atomic mass is 16.5. The van der Waals surface area contributed by atoms with E-state index in [1.807, 2.05) is 0 Å². The molecule has 4 heteroatoms. The van der Waals surface area contributed by atoms with Crippen LogP contribution >= 0.6 is 0 Å². The number of benzene rings is 15. The number of hydrogen-bond acceptors (Lipinski definition) is 3. The minimum absolute atomic E-state index is 0.253. The molecule has 0 spiro atoms.